The summed E-state index contributed by atoms with van der Waals surface area (Å²) in [6.07, 6.45) is 3.58. The molecule has 0 saturated carbocycles. The molecule has 5 N–H and O–H groups in total. The summed E-state index contributed by atoms with van der Waals surface area (Å²) >= 11 is 1.40. The van der Waals surface area contributed by atoms with Gasteiger partial charge in [-0.2, -0.15) is 0 Å². The Hall–Kier alpha value is -3.16. The van der Waals surface area contributed by atoms with Crippen LogP contribution in [0.4, 0.5) is 11.4 Å². The van der Waals surface area contributed by atoms with Crippen molar-refractivity contribution in [3.8, 4) is 0 Å². The molecule has 0 radical (unpaired) electrons. The van der Waals surface area contributed by atoms with Crippen molar-refractivity contribution in [2.24, 2.45) is 5.73 Å². The van der Waals surface area contributed by atoms with Crippen LogP contribution >= 0.6 is 11.3 Å². The van der Waals surface area contributed by atoms with E-state index in [1.54, 1.807) is 6.20 Å². The lowest BCUT2D eigenvalue weighted by Crippen LogP contribution is -2.33. The molecule has 142 valence electrons. The number of amides is 1. The second-order valence-electron chi connectivity index (χ2n) is 6.56. The first-order valence-corrected chi connectivity index (χ1v) is 9.88. The molecule has 0 aliphatic carbocycles. The fourth-order valence-corrected chi connectivity index (χ4v) is 3.85. The maximum absolute atomic E-state index is 12.9. The summed E-state index contributed by atoms with van der Waals surface area (Å²) in [6, 6.07) is 13.6. The minimum absolute atomic E-state index is 0.145. The Morgan fingerprint density at radius 1 is 1.18 bits per heavy atom. The van der Waals surface area contributed by atoms with Gasteiger partial charge < -0.3 is 21.4 Å². The van der Waals surface area contributed by atoms with Crippen molar-refractivity contribution in [2.75, 3.05) is 11.9 Å². The molecule has 6 nitrogen and oxygen atoms in total. The number of anilines is 2. The molecule has 1 unspecified atom stereocenters. The van der Waals surface area contributed by atoms with Crippen LogP contribution in [0.15, 0.2) is 60.2 Å². The maximum atomic E-state index is 12.9. The number of H-pyrrole nitrogens is 1. The summed E-state index contributed by atoms with van der Waals surface area (Å²) in [5.74, 6) is -0.145. The summed E-state index contributed by atoms with van der Waals surface area (Å²) in [5, 5.41) is 9.28. The molecular formula is C21H21N5OS. The van der Waals surface area contributed by atoms with Crippen molar-refractivity contribution in [2.45, 2.75) is 13.0 Å². The minimum Gasteiger partial charge on any atom is -0.354 e. The van der Waals surface area contributed by atoms with E-state index in [-0.39, 0.29) is 11.9 Å². The highest BCUT2D eigenvalue weighted by molar-refractivity contribution is 7.12. The molecule has 7 heteroatoms. The van der Waals surface area contributed by atoms with E-state index in [9.17, 15) is 4.79 Å². The van der Waals surface area contributed by atoms with Gasteiger partial charge in [-0.15, -0.1) is 11.3 Å². The number of nitrogens with two attached hydrogens (primary N) is 1. The molecule has 0 fully saturated rings. The predicted molar refractivity (Wildman–Crippen MR) is 114 cm³/mol. The number of aryl methyl sites for hydroxylation is 1. The minimum atomic E-state index is -0.236. The number of nitrogens with one attached hydrogen (secondary N) is 3. The van der Waals surface area contributed by atoms with Crippen molar-refractivity contribution in [3.63, 3.8) is 0 Å². The second-order valence-corrected chi connectivity index (χ2v) is 7.48. The van der Waals surface area contributed by atoms with Gasteiger partial charge in [-0.25, -0.2) is 4.98 Å². The van der Waals surface area contributed by atoms with E-state index in [1.807, 2.05) is 61.0 Å². The molecule has 0 aliphatic heterocycles. The summed E-state index contributed by atoms with van der Waals surface area (Å²) in [6.45, 7) is 2.36. The molecule has 3 heterocycles. The molecule has 0 spiro atoms. The zero-order valence-corrected chi connectivity index (χ0v) is 16.2. The van der Waals surface area contributed by atoms with Gasteiger partial charge in [0.15, 0.2) is 0 Å². The number of thiophene rings is 1. The van der Waals surface area contributed by atoms with Crippen LogP contribution in [0.25, 0.3) is 11.0 Å². The number of fused-ring (bicyclic) bond motifs is 1. The van der Waals surface area contributed by atoms with Crippen molar-refractivity contribution in [3.05, 3.63) is 76.2 Å². The van der Waals surface area contributed by atoms with Gasteiger partial charge in [0.05, 0.1) is 17.4 Å². The van der Waals surface area contributed by atoms with E-state index in [2.05, 4.69) is 20.6 Å². The lowest BCUT2D eigenvalue weighted by Gasteiger charge is -2.18. The van der Waals surface area contributed by atoms with Gasteiger partial charge in [0.1, 0.15) is 10.5 Å². The van der Waals surface area contributed by atoms with Crippen LogP contribution in [0.2, 0.25) is 0 Å². The second kappa shape index (κ2) is 7.84. The number of aromatic amines is 1. The highest BCUT2D eigenvalue weighted by Gasteiger charge is 2.19. The average Bonchev–Trinajstić information content (AvgIpc) is 3.36. The molecule has 1 aromatic carbocycles. The first-order chi connectivity index (χ1) is 13.7. The molecular weight excluding hydrogens is 370 g/mol. The van der Waals surface area contributed by atoms with Crippen LogP contribution in [0.5, 0.6) is 0 Å². The highest BCUT2D eigenvalue weighted by atomic mass is 32.1. The van der Waals surface area contributed by atoms with E-state index in [0.29, 0.717) is 11.4 Å². The van der Waals surface area contributed by atoms with Gasteiger partial charge in [-0.1, -0.05) is 29.8 Å². The molecule has 0 saturated heterocycles. The Bertz CT molecular complexity index is 1100. The van der Waals surface area contributed by atoms with Crippen LogP contribution in [-0.4, -0.2) is 22.4 Å². The van der Waals surface area contributed by atoms with Crippen molar-refractivity contribution < 1.29 is 4.79 Å². The van der Waals surface area contributed by atoms with Gasteiger partial charge in [0.2, 0.25) is 0 Å². The van der Waals surface area contributed by atoms with E-state index >= 15 is 0 Å². The van der Waals surface area contributed by atoms with Gasteiger partial charge >= 0.3 is 0 Å². The standard InChI is InChI=1S/C21H21N5OS/c1-13-2-4-14(5-3-13)18(12-22)26-21(27)19-17(8-11-28-19)25-16-7-10-24-20-15(16)6-9-23-20/h2-11,18H,12,22H2,1H3,(H,26,27)(H2,23,24,25). The largest absolute Gasteiger partial charge is 0.354 e. The highest BCUT2D eigenvalue weighted by Crippen LogP contribution is 2.30. The zero-order chi connectivity index (χ0) is 19.5. The summed E-state index contributed by atoms with van der Waals surface area (Å²) in [5.41, 5.74) is 10.5. The number of rotatable bonds is 6. The maximum Gasteiger partial charge on any atom is 0.264 e. The SMILES string of the molecule is Cc1ccc(C(CN)NC(=O)c2sccc2Nc2ccnc3[nH]ccc23)cc1. The Kier molecular flexibility index (Phi) is 5.10. The van der Waals surface area contributed by atoms with Gasteiger partial charge in [-0.05, 0) is 36.1 Å². The summed E-state index contributed by atoms with van der Waals surface area (Å²) in [7, 11) is 0. The molecule has 0 aliphatic rings. The Labute approximate surface area is 166 Å². The predicted octanol–water partition coefficient (Wildman–Crippen LogP) is 4.11. The Morgan fingerprint density at radius 3 is 2.79 bits per heavy atom. The van der Waals surface area contributed by atoms with Gasteiger partial charge in [0.25, 0.3) is 5.91 Å². The Morgan fingerprint density at radius 2 is 2.00 bits per heavy atom. The van der Waals surface area contributed by atoms with Crippen molar-refractivity contribution >= 4 is 39.7 Å². The fraction of sp³-hybridized carbons (Fsp3) is 0.143. The number of aromatic nitrogens is 2. The van der Waals surface area contributed by atoms with E-state index in [0.717, 1.165) is 28.0 Å². The molecule has 4 aromatic rings. The number of nitrogens with zero attached hydrogens (tertiary/aromatic N) is 1. The van der Waals surface area contributed by atoms with E-state index in [1.165, 1.54) is 16.9 Å². The number of hydrogen-bond donors (Lipinski definition) is 4. The van der Waals surface area contributed by atoms with Gasteiger partial charge in [0, 0.05) is 24.3 Å². The van der Waals surface area contributed by atoms with Crippen LogP contribution in [0.1, 0.15) is 26.8 Å². The smallest absolute Gasteiger partial charge is 0.264 e. The third kappa shape index (κ3) is 3.62. The van der Waals surface area contributed by atoms with E-state index < -0.39 is 0 Å². The molecule has 3 aromatic heterocycles. The van der Waals surface area contributed by atoms with E-state index in [4.69, 9.17) is 5.73 Å². The molecule has 4 rings (SSSR count). The third-order valence-electron chi connectivity index (χ3n) is 4.62. The van der Waals surface area contributed by atoms with Gasteiger partial charge in [-0.3, -0.25) is 4.79 Å². The van der Waals surface area contributed by atoms with Crippen molar-refractivity contribution in [1.82, 2.24) is 15.3 Å². The van der Waals surface area contributed by atoms with Crippen LogP contribution in [-0.2, 0) is 0 Å². The third-order valence-corrected chi connectivity index (χ3v) is 5.53. The Balaban J connectivity index is 1.55. The molecule has 1 atom stereocenters. The molecule has 28 heavy (non-hydrogen) atoms. The monoisotopic (exact) mass is 391 g/mol. The van der Waals surface area contributed by atoms with Crippen molar-refractivity contribution in [1.29, 1.82) is 0 Å². The van der Waals surface area contributed by atoms with Crippen LogP contribution in [0.3, 0.4) is 0 Å². The number of hydrogen-bond acceptors (Lipinski definition) is 5. The lowest BCUT2D eigenvalue weighted by molar-refractivity contribution is 0.0942. The number of pyridine rings is 1. The normalized spacial score (nSPS) is 12.1. The fourth-order valence-electron chi connectivity index (χ4n) is 3.10. The number of carbonyl (C=O) groups is 1. The van der Waals surface area contributed by atoms with Crippen LogP contribution in [0, 0.1) is 6.92 Å². The summed E-state index contributed by atoms with van der Waals surface area (Å²) in [4.78, 5) is 20.9. The number of benzene rings is 1. The topological polar surface area (TPSA) is 95.8 Å². The first-order valence-electron chi connectivity index (χ1n) is 9.00. The zero-order valence-electron chi connectivity index (χ0n) is 15.4. The molecule has 1 amide bonds. The first kappa shape index (κ1) is 18.2. The summed E-state index contributed by atoms with van der Waals surface area (Å²) < 4.78 is 0. The molecule has 0 bridgehead atoms. The average molecular weight is 392 g/mol. The van der Waals surface area contributed by atoms with Crippen LogP contribution < -0.4 is 16.4 Å². The number of carbonyl (C=O) groups excluding carboxylic acids is 1. The lowest BCUT2D eigenvalue weighted by atomic mass is 10.1. The quantitative estimate of drug-likeness (QED) is 0.398.